The molecule has 8 heteroatoms. The monoisotopic (exact) mass is 520 g/mol. The van der Waals surface area contributed by atoms with Gasteiger partial charge in [-0.1, -0.05) is 48.0 Å². The number of halogens is 1. The molecule has 0 aliphatic carbocycles. The minimum atomic E-state index is 0.224. The maximum Gasteiger partial charge on any atom is 0.152 e. The van der Waals surface area contributed by atoms with Crippen molar-refractivity contribution in [2.75, 3.05) is 31.0 Å². The van der Waals surface area contributed by atoms with Gasteiger partial charge < -0.3 is 14.2 Å². The summed E-state index contributed by atoms with van der Waals surface area (Å²) >= 11 is 3.45. The second-order valence-corrected chi connectivity index (χ2v) is 9.40. The summed E-state index contributed by atoms with van der Waals surface area (Å²) in [4.78, 5) is 11.2. The van der Waals surface area contributed by atoms with Crippen LogP contribution < -0.4 is 15.1 Å². The molecule has 0 amide bonds. The maximum atomic E-state index is 5.92. The number of nitrogens with zero attached hydrogens (tertiary/aromatic N) is 5. The highest BCUT2D eigenvalue weighted by molar-refractivity contribution is 9.10. The third-order valence-electron chi connectivity index (χ3n) is 5.32. The van der Waals surface area contributed by atoms with Gasteiger partial charge >= 0.3 is 0 Å². The van der Waals surface area contributed by atoms with Crippen LogP contribution in [0.25, 0.3) is 10.9 Å². The Morgan fingerprint density at radius 2 is 1.88 bits per heavy atom. The highest BCUT2D eigenvalue weighted by atomic mass is 79.9. The van der Waals surface area contributed by atoms with E-state index in [0.717, 1.165) is 44.9 Å². The molecule has 4 rings (SSSR count). The van der Waals surface area contributed by atoms with Crippen LogP contribution in [0, 0.1) is 0 Å². The van der Waals surface area contributed by atoms with Gasteiger partial charge in [-0.3, -0.25) is 5.43 Å². The molecule has 0 atom stereocenters. The van der Waals surface area contributed by atoms with Crippen LogP contribution >= 0.6 is 15.9 Å². The summed E-state index contributed by atoms with van der Waals surface area (Å²) in [6, 6.07) is 18.1. The molecular formula is C26H29BrN6O. The van der Waals surface area contributed by atoms with E-state index in [1.165, 1.54) is 0 Å². The van der Waals surface area contributed by atoms with E-state index < -0.39 is 0 Å². The van der Waals surface area contributed by atoms with E-state index in [2.05, 4.69) is 73.2 Å². The van der Waals surface area contributed by atoms with Crippen molar-refractivity contribution >= 4 is 44.7 Å². The number of ether oxygens (including phenoxy) is 1. The van der Waals surface area contributed by atoms with Gasteiger partial charge in [-0.2, -0.15) is 5.10 Å². The van der Waals surface area contributed by atoms with E-state index >= 15 is 0 Å². The van der Waals surface area contributed by atoms with Crippen LogP contribution in [0.2, 0.25) is 0 Å². The van der Waals surface area contributed by atoms with Gasteiger partial charge in [0.2, 0.25) is 0 Å². The molecule has 0 radical (unpaired) electrons. The van der Waals surface area contributed by atoms with Crippen molar-refractivity contribution < 1.29 is 4.74 Å². The van der Waals surface area contributed by atoms with Crippen molar-refractivity contribution in [2.45, 2.75) is 26.3 Å². The number of fused-ring (bicyclic) bond motifs is 1. The first kappa shape index (κ1) is 23.8. The van der Waals surface area contributed by atoms with Gasteiger partial charge in [0.05, 0.1) is 12.8 Å². The van der Waals surface area contributed by atoms with Crippen LogP contribution in [0.15, 0.2) is 70.4 Å². The third-order valence-corrected chi connectivity index (χ3v) is 5.85. The molecule has 2 aromatic carbocycles. The van der Waals surface area contributed by atoms with Crippen molar-refractivity contribution in [3.05, 3.63) is 76.7 Å². The Bertz CT molecular complexity index is 1250. The molecule has 0 aliphatic heterocycles. The Labute approximate surface area is 208 Å². The molecule has 0 saturated carbocycles. The lowest BCUT2D eigenvalue weighted by Gasteiger charge is -2.15. The molecule has 7 nitrogen and oxygen atoms in total. The van der Waals surface area contributed by atoms with E-state index in [-0.39, 0.29) is 5.92 Å². The summed E-state index contributed by atoms with van der Waals surface area (Å²) in [5.41, 5.74) is 5.25. The lowest BCUT2D eigenvalue weighted by Crippen LogP contribution is -2.13. The van der Waals surface area contributed by atoms with Crippen LogP contribution in [-0.4, -0.2) is 41.5 Å². The zero-order valence-electron chi connectivity index (χ0n) is 19.9. The minimum Gasteiger partial charge on any atom is -0.492 e. The fourth-order valence-corrected chi connectivity index (χ4v) is 3.79. The molecule has 0 fully saturated rings. The highest BCUT2D eigenvalue weighted by Gasteiger charge is 2.10. The standard InChI is InChI=1S/C26H29BrN6O/c1-18(2)26-29-24(15-25(30-26)32(3)4)31-28-16-19-17-33(23-8-6-5-7-22(19)23)13-14-34-21-11-9-20(27)10-12-21/h5-12,15-18H,13-14H2,1-4H3,(H,29,30,31)/b28-16-. The zero-order chi connectivity index (χ0) is 24.1. The molecule has 176 valence electrons. The highest BCUT2D eigenvalue weighted by Crippen LogP contribution is 2.22. The number of hydrazone groups is 1. The molecule has 4 aromatic rings. The van der Waals surface area contributed by atoms with Gasteiger partial charge in [0, 0.05) is 53.2 Å². The molecule has 0 aliphatic rings. The lowest BCUT2D eigenvalue weighted by molar-refractivity contribution is 0.300. The average molecular weight is 521 g/mol. The molecule has 0 spiro atoms. The number of para-hydroxylation sites is 1. The van der Waals surface area contributed by atoms with Gasteiger partial charge in [0.25, 0.3) is 0 Å². The van der Waals surface area contributed by atoms with E-state index in [4.69, 9.17) is 4.74 Å². The van der Waals surface area contributed by atoms with Crippen molar-refractivity contribution in [1.82, 2.24) is 14.5 Å². The number of aromatic nitrogens is 3. The third kappa shape index (κ3) is 5.75. The molecular weight excluding hydrogens is 492 g/mol. The quantitative estimate of drug-likeness (QED) is 0.219. The largest absolute Gasteiger partial charge is 0.492 e. The Kier molecular flexibility index (Phi) is 7.47. The van der Waals surface area contributed by atoms with Gasteiger partial charge in [0.15, 0.2) is 5.82 Å². The van der Waals surface area contributed by atoms with Gasteiger partial charge in [-0.05, 0) is 30.3 Å². The zero-order valence-corrected chi connectivity index (χ0v) is 21.5. The van der Waals surface area contributed by atoms with E-state index in [9.17, 15) is 0 Å². The summed E-state index contributed by atoms with van der Waals surface area (Å²) in [6.45, 7) is 5.46. The Morgan fingerprint density at radius 1 is 1.12 bits per heavy atom. The molecule has 1 N–H and O–H groups in total. The van der Waals surface area contributed by atoms with Gasteiger partial charge in [-0.25, -0.2) is 9.97 Å². The van der Waals surface area contributed by atoms with Crippen molar-refractivity contribution in [2.24, 2.45) is 5.10 Å². The number of nitrogens with one attached hydrogen (secondary N) is 1. The van der Waals surface area contributed by atoms with E-state index in [1.54, 1.807) is 0 Å². The van der Waals surface area contributed by atoms with Crippen LogP contribution in [0.1, 0.15) is 31.2 Å². The van der Waals surface area contributed by atoms with Crippen LogP contribution in [0.5, 0.6) is 5.75 Å². The summed E-state index contributed by atoms with van der Waals surface area (Å²) in [5.74, 6) is 3.38. The van der Waals surface area contributed by atoms with Crippen molar-refractivity contribution in [1.29, 1.82) is 0 Å². The van der Waals surface area contributed by atoms with Crippen molar-refractivity contribution in [3.63, 3.8) is 0 Å². The second-order valence-electron chi connectivity index (χ2n) is 8.49. The van der Waals surface area contributed by atoms with Gasteiger partial charge in [0.1, 0.15) is 24.0 Å². The number of benzene rings is 2. The number of hydrogen-bond donors (Lipinski definition) is 1. The molecule has 0 unspecified atom stereocenters. The lowest BCUT2D eigenvalue weighted by atomic mass is 10.2. The first-order chi connectivity index (χ1) is 16.4. The van der Waals surface area contributed by atoms with Crippen LogP contribution in [0.4, 0.5) is 11.6 Å². The van der Waals surface area contributed by atoms with Crippen molar-refractivity contribution in [3.8, 4) is 5.75 Å². The Hall–Kier alpha value is -3.39. The molecule has 0 bridgehead atoms. The summed E-state index contributed by atoms with van der Waals surface area (Å²) in [7, 11) is 3.93. The Balaban J connectivity index is 1.49. The fraction of sp³-hybridized carbons (Fsp3) is 0.269. The normalized spacial score (nSPS) is 11.5. The molecule has 0 saturated heterocycles. The minimum absolute atomic E-state index is 0.224. The topological polar surface area (TPSA) is 67.6 Å². The summed E-state index contributed by atoms with van der Waals surface area (Å²) < 4.78 is 9.15. The fourth-order valence-electron chi connectivity index (χ4n) is 3.52. The molecule has 34 heavy (non-hydrogen) atoms. The molecule has 2 heterocycles. The van der Waals surface area contributed by atoms with E-state index in [1.807, 2.05) is 67.7 Å². The second kappa shape index (κ2) is 10.7. The summed E-state index contributed by atoms with van der Waals surface area (Å²) in [5, 5.41) is 5.61. The number of rotatable bonds is 9. The van der Waals surface area contributed by atoms with Gasteiger partial charge in [-0.15, -0.1) is 0 Å². The average Bonchev–Trinajstić information content (AvgIpc) is 3.18. The first-order valence-electron chi connectivity index (χ1n) is 11.2. The van der Waals surface area contributed by atoms with Crippen LogP contribution in [-0.2, 0) is 6.54 Å². The molecule has 2 aromatic heterocycles. The Morgan fingerprint density at radius 3 is 2.62 bits per heavy atom. The predicted octanol–water partition coefficient (Wildman–Crippen LogP) is 5.91. The first-order valence-corrected chi connectivity index (χ1v) is 12.0. The number of anilines is 2. The van der Waals surface area contributed by atoms with E-state index in [0.29, 0.717) is 12.4 Å². The SMILES string of the molecule is CC(C)c1nc(N/N=C\c2cn(CCOc3ccc(Br)cc3)c3ccccc23)cc(N(C)C)n1. The smallest absolute Gasteiger partial charge is 0.152 e. The number of hydrogen-bond acceptors (Lipinski definition) is 6. The van der Waals surface area contributed by atoms with Crippen LogP contribution in [0.3, 0.4) is 0 Å². The predicted molar refractivity (Wildman–Crippen MR) is 143 cm³/mol. The maximum absolute atomic E-state index is 5.92. The summed E-state index contributed by atoms with van der Waals surface area (Å²) in [6.07, 6.45) is 3.94.